The highest BCUT2D eigenvalue weighted by atomic mass is 16.5. The second-order valence-electron chi connectivity index (χ2n) is 6.50. The van der Waals surface area contributed by atoms with E-state index in [-0.39, 0.29) is 11.6 Å². The Bertz CT molecular complexity index is 478. The van der Waals surface area contributed by atoms with Crippen molar-refractivity contribution in [2.75, 3.05) is 20.7 Å². The molecule has 0 saturated heterocycles. The molecular weight excluding hydrogens is 248 g/mol. The maximum Gasteiger partial charge on any atom is 0.122 e. The standard InChI is InChI=1S/C17H26N2O/c1-19(2)17(9-4-3-5-10-17)16(18)14-6-7-15-13(12-14)8-11-20-15/h6-7,12,16H,3-5,8-11,18H2,1-2H3. The Labute approximate surface area is 122 Å². The molecule has 0 spiro atoms. The highest BCUT2D eigenvalue weighted by Crippen LogP contribution is 2.41. The Morgan fingerprint density at radius 2 is 1.95 bits per heavy atom. The van der Waals surface area contributed by atoms with E-state index in [0.29, 0.717) is 0 Å². The van der Waals surface area contributed by atoms with E-state index in [4.69, 9.17) is 10.5 Å². The van der Waals surface area contributed by atoms with Crippen molar-refractivity contribution in [3.8, 4) is 5.75 Å². The summed E-state index contributed by atoms with van der Waals surface area (Å²) in [5.74, 6) is 1.04. The molecule has 1 aromatic carbocycles. The Morgan fingerprint density at radius 3 is 2.65 bits per heavy atom. The fourth-order valence-corrected chi connectivity index (χ4v) is 3.91. The Balaban J connectivity index is 1.91. The molecule has 1 heterocycles. The van der Waals surface area contributed by atoms with Crippen LogP contribution in [0.5, 0.6) is 5.75 Å². The van der Waals surface area contributed by atoms with E-state index < -0.39 is 0 Å². The summed E-state index contributed by atoms with van der Waals surface area (Å²) in [5, 5.41) is 0. The largest absolute Gasteiger partial charge is 0.493 e. The zero-order valence-corrected chi connectivity index (χ0v) is 12.7. The van der Waals surface area contributed by atoms with Gasteiger partial charge in [-0.15, -0.1) is 0 Å². The lowest BCUT2D eigenvalue weighted by molar-refractivity contribution is 0.0713. The van der Waals surface area contributed by atoms with Crippen molar-refractivity contribution in [2.45, 2.75) is 50.1 Å². The predicted octanol–water partition coefficient (Wildman–Crippen LogP) is 2.89. The zero-order valence-electron chi connectivity index (χ0n) is 12.7. The average Bonchev–Trinajstić information content (AvgIpc) is 2.94. The number of hydrogen-bond acceptors (Lipinski definition) is 3. The lowest BCUT2D eigenvalue weighted by Crippen LogP contribution is -2.53. The van der Waals surface area contributed by atoms with Crippen LogP contribution in [-0.2, 0) is 6.42 Å². The second kappa shape index (κ2) is 5.38. The van der Waals surface area contributed by atoms with Crippen molar-refractivity contribution < 1.29 is 4.74 Å². The van der Waals surface area contributed by atoms with Crippen LogP contribution < -0.4 is 10.5 Å². The normalized spacial score (nSPS) is 22.4. The summed E-state index contributed by atoms with van der Waals surface area (Å²) in [6.45, 7) is 0.812. The van der Waals surface area contributed by atoms with Crippen LogP contribution in [0.4, 0.5) is 0 Å². The molecule has 1 atom stereocenters. The summed E-state index contributed by atoms with van der Waals surface area (Å²) in [7, 11) is 4.36. The zero-order chi connectivity index (χ0) is 14.2. The van der Waals surface area contributed by atoms with E-state index in [2.05, 4.69) is 37.2 Å². The number of nitrogens with two attached hydrogens (primary N) is 1. The SMILES string of the molecule is CN(C)C1(C(N)c2ccc3c(c2)CCO3)CCCCC1. The average molecular weight is 274 g/mol. The van der Waals surface area contributed by atoms with Crippen LogP contribution in [0.15, 0.2) is 18.2 Å². The first-order valence-corrected chi connectivity index (χ1v) is 7.82. The van der Waals surface area contributed by atoms with Gasteiger partial charge in [-0.05, 0) is 44.1 Å². The summed E-state index contributed by atoms with van der Waals surface area (Å²) >= 11 is 0. The topological polar surface area (TPSA) is 38.5 Å². The minimum atomic E-state index is 0.0868. The van der Waals surface area contributed by atoms with Crippen LogP contribution in [0.25, 0.3) is 0 Å². The number of benzene rings is 1. The molecule has 2 aliphatic rings. The second-order valence-corrected chi connectivity index (χ2v) is 6.50. The Kier molecular flexibility index (Phi) is 3.74. The monoisotopic (exact) mass is 274 g/mol. The molecule has 20 heavy (non-hydrogen) atoms. The molecule has 1 saturated carbocycles. The van der Waals surface area contributed by atoms with Crippen molar-refractivity contribution in [1.29, 1.82) is 0 Å². The molecule has 110 valence electrons. The molecule has 3 nitrogen and oxygen atoms in total. The lowest BCUT2D eigenvalue weighted by atomic mass is 9.73. The number of ether oxygens (including phenoxy) is 1. The summed E-state index contributed by atoms with van der Waals surface area (Å²) in [4.78, 5) is 2.36. The fraction of sp³-hybridized carbons (Fsp3) is 0.647. The minimum Gasteiger partial charge on any atom is -0.493 e. The molecule has 0 amide bonds. The number of likely N-dealkylation sites (N-methyl/N-ethyl adjacent to an activating group) is 1. The molecule has 0 bridgehead atoms. The third-order valence-electron chi connectivity index (χ3n) is 5.26. The molecule has 0 aromatic heterocycles. The number of rotatable bonds is 3. The molecule has 1 aliphatic heterocycles. The summed E-state index contributed by atoms with van der Waals surface area (Å²) in [5.41, 5.74) is 9.42. The molecule has 0 radical (unpaired) electrons. The van der Waals surface area contributed by atoms with E-state index in [1.807, 2.05) is 0 Å². The molecule has 2 N–H and O–H groups in total. The van der Waals surface area contributed by atoms with Crippen LogP contribution in [0, 0.1) is 0 Å². The molecule has 1 unspecified atom stereocenters. The van der Waals surface area contributed by atoms with Gasteiger partial charge in [-0.1, -0.05) is 31.4 Å². The van der Waals surface area contributed by atoms with Crippen molar-refractivity contribution in [3.05, 3.63) is 29.3 Å². The molecular formula is C17H26N2O. The van der Waals surface area contributed by atoms with Gasteiger partial charge in [-0.2, -0.15) is 0 Å². The van der Waals surface area contributed by atoms with Gasteiger partial charge in [0.05, 0.1) is 6.61 Å². The first-order valence-electron chi connectivity index (χ1n) is 7.82. The molecule has 3 heteroatoms. The maximum absolute atomic E-state index is 6.72. The van der Waals surface area contributed by atoms with Crippen LogP contribution in [0.3, 0.4) is 0 Å². The van der Waals surface area contributed by atoms with Gasteiger partial charge in [0.15, 0.2) is 0 Å². The third kappa shape index (κ3) is 2.23. The van der Waals surface area contributed by atoms with Gasteiger partial charge in [-0.25, -0.2) is 0 Å². The van der Waals surface area contributed by atoms with E-state index in [9.17, 15) is 0 Å². The van der Waals surface area contributed by atoms with E-state index in [1.165, 1.54) is 43.2 Å². The fourth-order valence-electron chi connectivity index (χ4n) is 3.91. The van der Waals surface area contributed by atoms with Crippen LogP contribution in [0.2, 0.25) is 0 Å². The van der Waals surface area contributed by atoms with Crippen LogP contribution >= 0.6 is 0 Å². The molecule has 3 rings (SSSR count). The summed E-state index contributed by atoms with van der Waals surface area (Å²) in [6, 6.07) is 6.62. The molecule has 1 aromatic rings. The number of fused-ring (bicyclic) bond motifs is 1. The van der Waals surface area contributed by atoms with Crippen molar-refractivity contribution >= 4 is 0 Å². The highest BCUT2D eigenvalue weighted by molar-refractivity contribution is 5.41. The van der Waals surface area contributed by atoms with Gasteiger partial charge in [0.2, 0.25) is 0 Å². The quantitative estimate of drug-likeness (QED) is 0.921. The first-order chi connectivity index (χ1) is 9.63. The van der Waals surface area contributed by atoms with E-state index in [1.54, 1.807) is 0 Å². The van der Waals surface area contributed by atoms with Gasteiger partial charge < -0.3 is 15.4 Å². The van der Waals surface area contributed by atoms with Crippen LogP contribution in [0.1, 0.15) is 49.3 Å². The van der Waals surface area contributed by atoms with Gasteiger partial charge in [0.25, 0.3) is 0 Å². The van der Waals surface area contributed by atoms with E-state index in [0.717, 1.165) is 18.8 Å². The van der Waals surface area contributed by atoms with Gasteiger partial charge in [0.1, 0.15) is 5.75 Å². The maximum atomic E-state index is 6.72. The molecule has 1 aliphatic carbocycles. The van der Waals surface area contributed by atoms with Crippen molar-refractivity contribution in [3.63, 3.8) is 0 Å². The first kappa shape index (κ1) is 13.9. The molecule has 1 fully saturated rings. The number of hydrogen-bond donors (Lipinski definition) is 1. The van der Waals surface area contributed by atoms with Gasteiger partial charge in [-0.3, -0.25) is 0 Å². The highest BCUT2D eigenvalue weighted by Gasteiger charge is 2.40. The van der Waals surface area contributed by atoms with Crippen molar-refractivity contribution in [2.24, 2.45) is 5.73 Å². The third-order valence-corrected chi connectivity index (χ3v) is 5.26. The lowest BCUT2D eigenvalue weighted by Gasteiger charge is -2.47. The van der Waals surface area contributed by atoms with Gasteiger partial charge >= 0.3 is 0 Å². The van der Waals surface area contributed by atoms with Crippen molar-refractivity contribution in [1.82, 2.24) is 4.90 Å². The predicted molar refractivity (Wildman–Crippen MR) is 82.1 cm³/mol. The number of nitrogens with zero attached hydrogens (tertiary/aromatic N) is 1. The smallest absolute Gasteiger partial charge is 0.122 e. The van der Waals surface area contributed by atoms with Crippen LogP contribution in [-0.4, -0.2) is 31.1 Å². The Morgan fingerprint density at radius 1 is 1.20 bits per heavy atom. The summed E-state index contributed by atoms with van der Waals surface area (Å²) in [6.07, 6.45) is 7.36. The summed E-state index contributed by atoms with van der Waals surface area (Å²) < 4.78 is 5.60. The minimum absolute atomic E-state index is 0.0868. The van der Waals surface area contributed by atoms with E-state index >= 15 is 0 Å². The Hall–Kier alpha value is -1.06. The van der Waals surface area contributed by atoms with Gasteiger partial charge in [0, 0.05) is 18.0 Å².